The van der Waals surface area contributed by atoms with Crippen LogP contribution < -0.4 is 4.90 Å². The molecular formula is C15H19N3O2. The Bertz CT molecular complexity index is 635. The maximum absolute atomic E-state index is 11.6. The van der Waals surface area contributed by atoms with Gasteiger partial charge in [0.25, 0.3) is 0 Å². The summed E-state index contributed by atoms with van der Waals surface area (Å²) in [7, 11) is 0. The van der Waals surface area contributed by atoms with Gasteiger partial charge in [-0.2, -0.15) is 0 Å². The molecule has 0 aromatic carbocycles. The van der Waals surface area contributed by atoms with Gasteiger partial charge in [0, 0.05) is 18.8 Å². The zero-order valence-corrected chi connectivity index (χ0v) is 11.6. The van der Waals surface area contributed by atoms with Crippen LogP contribution in [0, 0.1) is 0 Å². The zero-order valence-electron chi connectivity index (χ0n) is 11.6. The van der Waals surface area contributed by atoms with E-state index >= 15 is 0 Å². The number of aromatic nitrogens is 2. The van der Waals surface area contributed by atoms with Crippen LogP contribution in [0.2, 0.25) is 0 Å². The third-order valence-corrected chi connectivity index (χ3v) is 4.04. The Balaban J connectivity index is 2.14. The highest BCUT2D eigenvalue weighted by atomic mass is 16.4. The Kier molecular flexibility index (Phi) is 3.34. The molecule has 1 unspecified atom stereocenters. The second-order valence-electron chi connectivity index (χ2n) is 5.41. The van der Waals surface area contributed by atoms with E-state index in [1.54, 1.807) is 10.6 Å². The zero-order chi connectivity index (χ0) is 14.1. The summed E-state index contributed by atoms with van der Waals surface area (Å²) in [5, 5.41) is 9.55. The minimum absolute atomic E-state index is 0.273. The van der Waals surface area contributed by atoms with Crippen molar-refractivity contribution in [3.63, 3.8) is 0 Å². The number of carboxylic acid groups (broad SMARTS) is 1. The molecule has 0 spiro atoms. The fraction of sp³-hybridized carbons (Fsp3) is 0.467. The Labute approximate surface area is 117 Å². The molecule has 1 saturated heterocycles. The first-order chi connectivity index (χ1) is 9.68. The number of carboxylic acids is 1. The first-order valence-electron chi connectivity index (χ1n) is 7.15. The average Bonchev–Trinajstić information content (AvgIpc) is 2.68. The largest absolute Gasteiger partial charge is 0.476 e. The van der Waals surface area contributed by atoms with Gasteiger partial charge in [0.05, 0.1) is 0 Å². The van der Waals surface area contributed by atoms with Crippen LogP contribution in [-0.2, 0) is 0 Å². The monoisotopic (exact) mass is 273 g/mol. The van der Waals surface area contributed by atoms with Gasteiger partial charge in [-0.1, -0.05) is 18.9 Å². The molecule has 1 aliphatic rings. The molecule has 1 aliphatic heterocycles. The van der Waals surface area contributed by atoms with Crippen molar-refractivity contribution in [2.45, 2.75) is 38.6 Å². The van der Waals surface area contributed by atoms with E-state index < -0.39 is 5.97 Å². The first-order valence-corrected chi connectivity index (χ1v) is 7.15. The van der Waals surface area contributed by atoms with E-state index in [2.05, 4.69) is 16.8 Å². The Morgan fingerprint density at radius 1 is 1.35 bits per heavy atom. The molecule has 3 heterocycles. The predicted molar refractivity (Wildman–Crippen MR) is 77.4 cm³/mol. The quantitative estimate of drug-likeness (QED) is 0.914. The smallest absolute Gasteiger partial charge is 0.356 e. The number of hydrogen-bond donors (Lipinski definition) is 1. The fourth-order valence-electron chi connectivity index (χ4n) is 2.97. The van der Waals surface area contributed by atoms with Crippen LogP contribution in [-0.4, -0.2) is 33.0 Å². The van der Waals surface area contributed by atoms with E-state index in [0.29, 0.717) is 17.5 Å². The van der Waals surface area contributed by atoms with Gasteiger partial charge < -0.3 is 10.0 Å². The highest BCUT2D eigenvalue weighted by molar-refractivity contribution is 5.93. The minimum atomic E-state index is -0.921. The molecule has 0 amide bonds. The number of aromatic carboxylic acids is 1. The summed E-state index contributed by atoms with van der Waals surface area (Å²) in [6.07, 6.45) is 6.35. The van der Waals surface area contributed by atoms with E-state index in [4.69, 9.17) is 0 Å². The maximum atomic E-state index is 11.6. The molecule has 0 bridgehead atoms. The lowest BCUT2D eigenvalue weighted by atomic mass is 10.1. The topological polar surface area (TPSA) is 57.8 Å². The number of imidazole rings is 1. The van der Waals surface area contributed by atoms with Crippen molar-refractivity contribution in [1.82, 2.24) is 9.38 Å². The van der Waals surface area contributed by atoms with E-state index in [1.165, 1.54) is 12.8 Å². The predicted octanol–water partition coefficient (Wildman–Crippen LogP) is 2.80. The highest BCUT2D eigenvalue weighted by Gasteiger charge is 2.26. The van der Waals surface area contributed by atoms with Crippen LogP contribution in [0.4, 0.5) is 5.82 Å². The first kappa shape index (κ1) is 13.0. The summed E-state index contributed by atoms with van der Waals surface area (Å²) in [5.74, 6) is -0.312. The summed E-state index contributed by atoms with van der Waals surface area (Å²) in [6, 6.07) is 5.89. The van der Waals surface area contributed by atoms with Crippen molar-refractivity contribution in [2.75, 3.05) is 11.4 Å². The van der Waals surface area contributed by atoms with Gasteiger partial charge in [-0.3, -0.25) is 4.40 Å². The van der Waals surface area contributed by atoms with Gasteiger partial charge in [0.15, 0.2) is 11.5 Å². The number of carbonyl (C=O) groups is 1. The number of nitrogens with zero attached hydrogens (tertiary/aromatic N) is 3. The van der Waals surface area contributed by atoms with Gasteiger partial charge >= 0.3 is 5.97 Å². The van der Waals surface area contributed by atoms with E-state index in [-0.39, 0.29) is 5.69 Å². The van der Waals surface area contributed by atoms with Crippen molar-refractivity contribution in [1.29, 1.82) is 0 Å². The summed E-state index contributed by atoms with van der Waals surface area (Å²) in [4.78, 5) is 18.4. The van der Waals surface area contributed by atoms with Gasteiger partial charge in [-0.25, -0.2) is 9.78 Å². The van der Waals surface area contributed by atoms with Gasteiger partial charge in [0.2, 0.25) is 0 Å². The molecule has 3 rings (SSSR count). The highest BCUT2D eigenvalue weighted by Crippen LogP contribution is 2.27. The van der Waals surface area contributed by atoms with Gasteiger partial charge in [-0.15, -0.1) is 0 Å². The van der Waals surface area contributed by atoms with Crippen LogP contribution in [0.3, 0.4) is 0 Å². The molecule has 0 aliphatic carbocycles. The van der Waals surface area contributed by atoms with E-state index in [0.717, 1.165) is 19.4 Å². The molecule has 1 atom stereocenters. The number of fused-ring (bicyclic) bond motifs is 1. The molecule has 106 valence electrons. The molecule has 2 aromatic rings. The van der Waals surface area contributed by atoms with Crippen molar-refractivity contribution in [3.8, 4) is 0 Å². The van der Waals surface area contributed by atoms with Crippen molar-refractivity contribution in [2.24, 2.45) is 0 Å². The summed E-state index contributed by atoms with van der Waals surface area (Å²) in [6.45, 7) is 3.03. The molecular weight excluding hydrogens is 254 g/mol. The Hall–Kier alpha value is -2.04. The van der Waals surface area contributed by atoms with Crippen LogP contribution in [0.15, 0.2) is 24.4 Å². The molecule has 1 fully saturated rings. The standard InChI is InChI=1S/C15H19N3O2/c1-11-7-3-2-5-9-17(11)14-13(15(19)20)18-10-6-4-8-12(18)16-14/h4,6,8,10-11H,2-3,5,7,9H2,1H3,(H,19,20). The molecule has 0 radical (unpaired) electrons. The van der Waals surface area contributed by atoms with Crippen molar-refractivity contribution >= 4 is 17.4 Å². The Morgan fingerprint density at radius 2 is 2.20 bits per heavy atom. The summed E-state index contributed by atoms with van der Waals surface area (Å²) >= 11 is 0. The number of anilines is 1. The third-order valence-electron chi connectivity index (χ3n) is 4.04. The minimum Gasteiger partial charge on any atom is -0.476 e. The van der Waals surface area contributed by atoms with Crippen LogP contribution in [0.5, 0.6) is 0 Å². The molecule has 5 heteroatoms. The lowest BCUT2D eigenvalue weighted by molar-refractivity contribution is 0.0690. The molecule has 2 aromatic heterocycles. The second kappa shape index (κ2) is 5.15. The number of pyridine rings is 1. The van der Waals surface area contributed by atoms with E-state index in [9.17, 15) is 9.90 Å². The number of hydrogen-bond acceptors (Lipinski definition) is 3. The van der Waals surface area contributed by atoms with Crippen LogP contribution in [0.25, 0.3) is 5.65 Å². The average molecular weight is 273 g/mol. The molecule has 0 saturated carbocycles. The molecule has 20 heavy (non-hydrogen) atoms. The lowest BCUT2D eigenvalue weighted by Crippen LogP contribution is -2.34. The van der Waals surface area contributed by atoms with Crippen molar-refractivity contribution in [3.05, 3.63) is 30.1 Å². The van der Waals surface area contributed by atoms with Crippen LogP contribution >= 0.6 is 0 Å². The second-order valence-corrected chi connectivity index (χ2v) is 5.41. The van der Waals surface area contributed by atoms with Crippen LogP contribution in [0.1, 0.15) is 43.1 Å². The van der Waals surface area contributed by atoms with Gasteiger partial charge in [0.1, 0.15) is 5.65 Å². The maximum Gasteiger partial charge on any atom is 0.356 e. The molecule has 1 N–H and O–H groups in total. The van der Waals surface area contributed by atoms with Gasteiger partial charge in [-0.05, 0) is 31.9 Å². The third kappa shape index (κ3) is 2.13. The van der Waals surface area contributed by atoms with Crippen molar-refractivity contribution < 1.29 is 9.90 Å². The van der Waals surface area contributed by atoms with E-state index in [1.807, 2.05) is 18.2 Å². The molecule has 5 nitrogen and oxygen atoms in total. The SMILES string of the molecule is CC1CCCCCN1c1nc2ccccn2c1C(=O)O. The summed E-state index contributed by atoms with van der Waals surface area (Å²) < 4.78 is 1.66. The number of rotatable bonds is 2. The Morgan fingerprint density at radius 3 is 3.00 bits per heavy atom. The fourth-order valence-corrected chi connectivity index (χ4v) is 2.97. The normalized spacial score (nSPS) is 20.1. The lowest BCUT2D eigenvalue weighted by Gasteiger charge is -2.27. The summed E-state index contributed by atoms with van der Waals surface area (Å²) in [5.41, 5.74) is 0.964.